The second-order valence-electron chi connectivity index (χ2n) is 11.1. The average Bonchev–Trinajstić information content (AvgIpc) is 3.53. The summed E-state index contributed by atoms with van der Waals surface area (Å²) in [7, 11) is -4.17. The lowest BCUT2D eigenvalue weighted by atomic mass is 10.1. The molecule has 228 valence electrons. The van der Waals surface area contributed by atoms with Crippen LogP contribution in [0.25, 0.3) is 0 Å². The largest absolute Gasteiger partial charge is 0.486 e. The first-order valence-electron chi connectivity index (χ1n) is 14.9. The third-order valence-electron chi connectivity index (χ3n) is 7.95. The molecule has 1 N–H and O–H groups in total. The van der Waals surface area contributed by atoms with Crippen LogP contribution in [0.3, 0.4) is 0 Å². The molecule has 0 bridgehead atoms. The van der Waals surface area contributed by atoms with Crippen molar-refractivity contribution in [3.8, 4) is 11.5 Å². The first kappa shape index (κ1) is 30.4. The van der Waals surface area contributed by atoms with Crippen molar-refractivity contribution >= 4 is 27.5 Å². The second-order valence-corrected chi connectivity index (χ2v) is 12.9. The summed E-state index contributed by atoms with van der Waals surface area (Å²) in [5, 5.41) is 3.14. The van der Waals surface area contributed by atoms with Crippen LogP contribution in [0.1, 0.15) is 50.2 Å². The van der Waals surface area contributed by atoms with Crippen LogP contribution >= 0.6 is 0 Å². The van der Waals surface area contributed by atoms with Crippen LogP contribution in [0.4, 0.5) is 5.69 Å². The van der Waals surface area contributed by atoms with E-state index in [2.05, 4.69) is 5.32 Å². The van der Waals surface area contributed by atoms with Crippen LogP contribution in [-0.4, -0.2) is 57.0 Å². The van der Waals surface area contributed by atoms with Gasteiger partial charge < -0.3 is 19.7 Å². The van der Waals surface area contributed by atoms with Gasteiger partial charge in [-0.2, -0.15) is 0 Å². The van der Waals surface area contributed by atoms with Crippen LogP contribution in [-0.2, 0) is 26.2 Å². The Morgan fingerprint density at radius 3 is 2.35 bits per heavy atom. The number of hydrogen-bond acceptors (Lipinski definition) is 6. The second kappa shape index (κ2) is 13.5. The maximum atomic E-state index is 14.3. The Balaban J connectivity index is 1.51. The molecule has 1 atom stereocenters. The number of anilines is 1. The summed E-state index contributed by atoms with van der Waals surface area (Å²) in [6, 6.07) is 19.9. The lowest BCUT2D eigenvalue weighted by molar-refractivity contribution is -0.140. The topological polar surface area (TPSA) is 105 Å². The van der Waals surface area contributed by atoms with Gasteiger partial charge in [-0.15, -0.1) is 0 Å². The van der Waals surface area contributed by atoms with Gasteiger partial charge in [-0.05, 0) is 56.0 Å². The molecule has 1 heterocycles. The summed E-state index contributed by atoms with van der Waals surface area (Å²) in [4.78, 5) is 29.5. The molecular formula is C33H39N3O6S. The normalized spacial score (nSPS) is 15.5. The summed E-state index contributed by atoms with van der Waals surface area (Å²) >= 11 is 0. The van der Waals surface area contributed by atoms with Crippen LogP contribution in [0, 0.1) is 6.92 Å². The molecule has 9 nitrogen and oxygen atoms in total. The number of nitrogens with zero attached hydrogens (tertiary/aromatic N) is 2. The highest BCUT2D eigenvalue weighted by atomic mass is 32.2. The standard InChI is InChI=1S/C33H39N3O6S/c1-3-29(33(38)34-26-12-7-8-13-26)35(22-25-11-9-10-24(2)20-25)32(37)23-36(43(39,40)28-14-5-4-6-15-28)27-16-17-30-31(21-27)42-19-18-41-30/h4-6,9-11,14-17,20-21,26,29H,3,7-8,12-13,18-19,22-23H2,1-2H3,(H,34,38)/t29-/m0/s1. The Morgan fingerprint density at radius 2 is 1.65 bits per heavy atom. The van der Waals surface area contributed by atoms with E-state index in [4.69, 9.17) is 9.47 Å². The Hall–Kier alpha value is -4.05. The molecule has 10 heteroatoms. The molecular weight excluding hydrogens is 566 g/mol. The van der Waals surface area contributed by atoms with Crippen LogP contribution in [0.5, 0.6) is 11.5 Å². The number of sulfonamides is 1. The predicted molar refractivity (Wildman–Crippen MR) is 165 cm³/mol. The van der Waals surface area contributed by atoms with Crippen molar-refractivity contribution in [2.75, 3.05) is 24.1 Å². The third-order valence-corrected chi connectivity index (χ3v) is 9.73. The minimum Gasteiger partial charge on any atom is -0.486 e. The van der Waals surface area contributed by atoms with E-state index in [1.807, 2.05) is 38.1 Å². The zero-order chi connectivity index (χ0) is 30.4. The van der Waals surface area contributed by atoms with Crippen molar-refractivity contribution in [3.63, 3.8) is 0 Å². The van der Waals surface area contributed by atoms with Crippen molar-refractivity contribution in [2.45, 2.75) is 69.5 Å². The SMILES string of the molecule is CC[C@@H](C(=O)NC1CCCC1)N(Cc1cccc(C)c1)C(=O)CN(c1ccc2c(c1)OCCO2)S(=O)(=O)c1ccccc1. The van der Waals surface area contributed by atoms with Gasteiger partial charge in [0.2, 0.25) is 11.8 Å². The van der Waals surface area contributed by atoms with Gasteiger partial charge in [0.1, 0.15) is 25.8 Å². The molecule has 3 aromatic rings. The van der Waals surface area contributed by atoms with Crippen molar-refractivity contribution in [1.29, 1.82) is 0 Å². The molecule has 43 heavy (non-hydrogen) atoms. The monoisotopic (exact) mass is 605 g/mol. The van der Waals surface area contributed by atoms with Crippen LogP contribution < -0.4 is 19.1 Å². The van der Waals surface area contributed by atoms with Crippen LogP contribution in [0.2, 0.25) is 0 Å². The fourth-order valence-corrected chi connectivity index (χ4v) is 7.16. The van der Waals surface area contributed by atoms with Crippen molar-refractivity contribution in [1.82, 2.24) is 10.2 Å². The fraction of sp³-hybridized carbons (Fsp3) is 0.394. The van der Waals surface area contributed by atoms with E-state index in [9.17, 15) is 18.0 Å². The molecule has 0 saturated heterocycles. The Kier molecular flexibility index (Phi) is 9.55. The van der Waals surface area contributed by atoms with E-state index in [1.165, 1.54) is 17.0 Å². The van der Waals surface area contributed by atoms with Gasteiger partial charge >= 0.3 is 0 Å². The summed E-state index contributed by atoms with van der Waals surface area (Å²) in [6.45, 7) is 4.23. The number of carbonyl (C=O) groups excluding carboxylic acids is 2. The summed E-state index contributed by atoms with van der Waals surface area (Å²) < 4.78 is 40.6. The summed E-state index contributed by atoms with van der Waals surface area (Å²) in [6.07, 6.45) is 4.35. The molecule has 0 aromatic heterocycles. The number of aryl methyl sites for hydroxylation is 1. The lowest BCUT2D eigenvalue weighted by Crippen LogP contribution is -2.53. The number of benzene rings is 3. The van der Waals surface area contributed by atoms with Crippen molar-refractivity contribution in [2.24, 2.45) is 0 Å². The van der Waals surface area contributed by atoms with Gasteiger partial charge in [-0.25, -0.2) is 8.42 Å². The molecule has 0 unspecified atom stereocenters. The lowest BCUT2D eigenvalue weighted by Gasteiger charge is -2.34. The molecule has 1 aliphatic heterocycles. The zero-order valence-electron chi connectivity index (χ0n) is 24.7. The van der Waals surface area contributed by atoms with Gasteiger partial charge in [0.15, 0.2) is 11.5 Å². The molecule has 1 saturated carbocycles. The quantitative estimate of drug-likeness (QED) is 0.336. The van der Waals surface area contributed by atoms with E-state index in [0.29, 0.717) is 31.1 Å². The number of nitrogens with one attached hydrogen (secondary N) is 1. The van der Waals surface area contributed by atoms with E-state index < -0.39 is 28.5 Å². The highest BCUT2D eigenvalue weighted by Gasteiger charge is 2.35. The number of hydrogen-bond donors (Lipinski definition) is 1. The predicted octanol–water partition coefficient (Wildman–Crippen LogP) is 4.83. The maximum absolute atomic E-state index is 14.3. The van der Waals surface area contributed by atoms with Crippen molar-refractivity contribution < 1.29 is 27.5 Å². The molecule has 2 amide bonds. The zero-order valence-corrected chi connectivity index (χ0v) is 25.5. The summed E-state index contributed by atoms with van der Waals surface area (Å²) in [5.74, 6) is 0.217. The highest BCUT2D eigenvalue weighted by molar-refractivity contribution is 7.92. The number of ether oxygens (including phenoxy) is 2. The van der Waals surface area contributed by atoms with Crippen molar-refractivity contribution in [3.05, 3.63) is 83.9 Å². The number of fused-ring (bicyclic) bond motifs is 1. The van der Waals surface area contributed by atoms with E-state index in [1.54, 1.807) is 36.4 Å². The molecule has 3 aromatic carbocycles. The third kappa shape index (κ3) is 7.13. The first-order valence-corrected chi connectivity index (χ1v) is 16.3. The number of amides is 2. The van der Waals surface area contributed by atoms with Gasteiger partial charge in [0, 0.05) is 18.7 Å². The van der Waals surface area contributed by atoms with Gasteiger partial charge in [0.05, 0.1) is 10.6 Å². The fourth-order valence-electron chi connectivity index (χ4n) is 5.73. The molecule has 5 rings (SSSR count). The molecule has 0 spiro atoms. The van der Waals surface area contributed by atoms with E-state index in [-0.39, 0.29) is 29.1 Å². The minimum atomic E-state index is -4.17. The molecule has 1 fully saturated rings. The van der Waals surface area contributed by atoms with Gasteiger partial charge in [0.25, 0.3) is 10.0 Å². The minimum absolute atomic E-state index is 0.0499. The number of rotatable bonds is 11. The Morgan fingerprint density at radius 1 is 0.930 bits per heavy atom. The smallest absolute Gasteiger partial charge is 0.264 e. The average molecular weight is 606 g/mol. The Labute approximate surface area is 253 Å². The van der Waals surface area contributed by atoms with Gasteiger partial charge in [-0.3, -0.25) is 13.9 Å². The van der Waals surface area contributed by atoms with E-state index in [0.717, 1.165) is 41.1 Å². The number of carbonyl (C=O) groups is 2. The molecule has 1 aliphatic carbocycles. The van der Waals surface area contributed by atoms with E-state index >= 15 is 0 Å². The first-order chi connectivity index (χ1) is 20.8. The molecule has 0 radical (unpaired) electrons. The molecule has 2 aliphatic rings. The maximum Gasteiger partial charge on any atom is 0.264 e. The van der Waals surface area contributed by atoms with Crippen LogP contribution in [0.15, 0.2) is 77.7 Å². The van der Waals surface area contributed by atoms with Gasteiger partial charge in [-0.1, -0.05) is 67.8 Å². The Bertz CT molecular complexity index is 1540. The summed E-state index contributed by atoms with van der Waals surface area (Å²) in [5.41, 5.74) is 2.15. The highest BCUT2D eigenvalue weighted by Crippen LogP contribution is 2.36.